The van der Waals surface area contributed by atoms with E-state index in [0.29, 0.717) is 17.9 Å². The van der Waals surface area contributed by atoms with Crippen molar-refractivity contribution in [2.24, 2.45) is 16.8 Å². The van der Waals surface area contributed by atoms with E-state index >= 15 is 0 Å². The summed E-state index contributed by atoms with van der Waals surface area (Å²) in [7, 11) is 1.84. The first kappa shape index (κ1) is 13.5. The van der Waals surface area contributed by atoms with Gasteiger partial charge >= 0.3 is 0 Å². The van der Waals surface area contributed by atoms with Crippen LogP contribution in [0.25, 0.3) is 5.52 Å². The zero-order chi connectivity index (χ0) is 15.4. The zero-order valence-corrected chi connectivity index (χ0v) is 13.0. The van der Waals surface area contributed by atoms with Gasteiger partial charge in [-0.15, -0.1) is 0 Å². The molecule has 0 radical (unpaired) electrons. The molecule has 0 amide bonds. The van der Waals surface area contributed by atoms with Crippen LogP contribution >= 0.6 is 0 Å². The fourth-order valence-electron chi connectivity index (χ4n) is 3.51. The predicted octanol–water partition coefficient (Wildman–Crippen LogP) is 1.68. The van der Waals surface area contributed by atoms with Gasteiger partial charge in [0.05, 0.1) is 11.8 Å². The maximum atomic E-state index is 6.22. The van der Waals surface area contributed by atoms with Gasteiger partial charge in [0.15, 0.2) is 11.7 Å². The van der Waals surface area contributed by atoms with Crippen molar-refractivity contribution in [1.82, 2.24) is 14.6 Å². The number of hydrogen-bond donors (Lipinski definition) is 1. The molecule has 4 rings (SSSR count). The topological polar surface area (TPSA) is 81.0 Å². The molecule has 2 aliphatic heterocycles. The Balaban J connectivity index is 1.90. The van der Waals surface area contributed by atoms with Crippen LogP contribution in [0.15, 0.2) is 17.5 Å². The van der Waals surface area contributed by atoms with Crippen LogP contribution < -0.4 is 10.7 Å². The van der Waals surface area contributed by atoms with E-state index in [-0.39, 0.29) is 6.10 Å². The van der Waals surface area contributed by atoms with Crippen LogP contribution in [-0.4, -0.2) is 33.6 Å². The molecule has 2 N–H and O–H groups in total. The molecule has 0 bridgehead atoms. The summed E-state index contributed by atoms with van der Waals surface area (Å²) in [6.07, 6.45) is 4.01. The summed E-state index contributed by atoms with van der Waals surface area (Å²) >= 11 is 0. The van der Waals surface area contributed by atoms with Crippen molar-refractivity contribution >= 4 is 17.2 Å². The maximum absolute atomic E-state index is 6.22. The Bertz CT molecular complexity index is 767. The van der Waals surface area contributed by atoms with E-state index < -0.39 is 0 Å². The lowest BCUT2D eigenvalue weighted by Crippen LogP contribution is -2.26. The monoisotopic (exact) mass is 300 g/mol. The molecule has 2 aliphatic rings. The lowest BCUT2D eigenvalue weighted by molar-refractivity contribution is 0.0303. The summed E-state index contributed by atoms with van der Waals surface area (Å²) in [6.45, 7) is 4.39. The standard InChI is InChI=1S/C15H20N6O/c1-4-9-5-8(2)13(22-9)11-6-10-12-15(17-7-18-21(11)12)20(3)19-14(10)16/h6-9,13H,4-5H2,1-3H3,(H2,16,19). The second kappa shape index (κ2) is 4.67. The van der Waals surface area contributed by atoms with Gasteiger partial charge in [-0.2, -0.15) is 10.2 Å². The zero-order valence-electron chi connectivity index (χ0n) is 13.0. The van der Waals surface area contributed by atoms with Crippen LogP contribution in [0, 0.1) is 5.92 Å². The first-order chi connectivity index (χ1) is 10.6. The minimum atomic E-state index is 0.0326. The summed E-state index contributed by atoms with van der Waals surface area (Å²) in [5.41, 5.74) is 8.92. The number of ether oxygens (including phenoxy) is 1. The molecule has 3 atom stereocenters. The first-order valence-electron chi connectivity index (χ1n) is 7.70. The summed E-state index contributed by atoms with van der Waals surface area (Å²) in [4.78, 5) is 4.33. The molecule has 0 aliphatic carbocycles. The van der Waals surface area contributed by atoms with E-state index in [1.165, 1.54) is 0 Å². The Morgan fingerprint density at radius 3 is 3.00 bits per heavy atom. The van der Waals surface area contributed by atoms with Gasteiger partial charge in [0.2, 0.25) is 0 Å². The predicted molar refractivity (Wildman–Crippen MR) is 83.8 cm³/mol. The molecule has 7 heteroatoms. The molecular weight excluding hydrogens is 280 g/mol. The molecule has 7 nitrogen and oxygen atoms in total. The Kier molecular flexibility index (Phi) is 2.87. The van der Waals surface area contributed by atoms with Crippen molar-refractivity contribution in [3.8, 4) is 0 Å². The Labute approximate surface area is 128 Å². The molecule has 2 aromatic heterocycles. The second-order valence-electron chi connectivity index (χ2n) is 6.14. The number of hydrazone groups is 1. The van der Waals surface area contributed by atoms with Gasteiger partial charge in [0.25, 0.3) is 0 Å². The summed E-state index contributed by atoms with van der Waals surface area (Å²) in [5.74, 6) is 1.71. The quantitative estimate of drug-likeness (QED) is 0.912. The van der Waals surface area contributed by atoms with Crippen molar-refractivity contribution in [2.45, 2.75) is 38.9 Å². The molecule has 4 heterocycles. The van der Waals surface area contributed by atoms with Crippen LogP contribution in [0.2, 0.25) is 0 Å². The van der Waals surface area contributed by atoms with Gasteiger partial charge in [-0.25, -0.2) is 14.5 Å². The number of nitrogens with two attached hydrogens (primary N) is 1. The molecule has 2 aromatic rings. The van der Waals surface area contributed by atoms with Crippen molar-refractivity contribution in [3.05, 3.63) is 23.7 Å². The van der Waals surface area contributed by atoms with Gasteiger partial charge in [-0.05, 0) is 24.8 Å². The Hall–Kier alpha value is -2.15. The Morgan fingerprint density at radius 2 is 2.27 bits per heavy atom. The molecule has 0 aromatic carbocycles. The summed E-state index contributed by atoms with van der Waals surface area (Å²) in [6, 6.07) is 2.05. The van der Waals surface area contributed by atoms with Gasteiger partial charge < -0.3 is 10.5 Å². The third-order valence-corrected chi connectivity index (χ3v) is 4.64. The van der Waals surface area contributed by atoms with E-state index in [9.17, 15) is 0 Å². The third-order valence-electron chi connectivity index (χ3n) is 4.64. The number of hydrogen-bond acceptors (Lipinski definition) is 6. The van der Waals surface area contributed by atoms with Gasteiger partial charge in [-0.3, -0.25) is 0 Å². The molecule has 22 heavy (non-hydrogen) atoms. The molecule has 3 unspecified atom stereocenters. The van der Waals surface area contributed by atoms with Gasteiger partial charge in [0, 0.05) is 12.6 Å². The van der Waals surface area contributed by atoms with Crippen molar-refractivity contribution < 1.29 is 4.74 Å². The maximum Gasteiger partial charge on any atom is 0.177 e. The number of anilines is 1. The number of amidine groups is 1. The minimum Gasteiger partial charge on any atom is -0.382 e. The lowest BCUT2D eigenvalue weighted by atomic mass is 9.98. The highest BCUT2D eigenvalue weighted by Crippen LogP contribution is 2.41. The van der Waals surface area contributed by atoms with E-state index in [1.807, 2.05) is 11.6 Å². The number of nitrogens with zero attached hydrogens (tertiary/aromatic N) is 5. The van der Waals surface area contributed by atoms with Crippen LogP contribution in [0.1, 0.15) is 44.1 Å². The second-order valence-corrected chi connectivity index (χ2v) is 6.14. The van der Waals surface area contributed by atoms with Gasteiger partial charge in [0.1, 0.15) is 17.9 Å². The molecule has 116 valence electrons. The Morgan fingerprint density at radius 1 is 1.45 bits per heavy atom. The summed E-state index contributed by atoms with van der Waals surface area (Å²) < 4.78 is 8.13. The fourth-order valence-corrected chi connectivity index (χ4v) is 3.51. The van der Waals surface area contributed by atoms with Crippen molar-refractivity contribution in [3.63, 3.8) is 0 Å². The largest absolute Gasteiger partial charge is 0.382 e. The molecule has 1 saturated heterocycles. The molecule has 0 spiro atoms. The van der Waals surface area contributed by atoms with Crippen LogP contribution in [0.5, 0.6) is 0 Å². The summed E-state index contributed by atoms with van der Waals surface area (Å²) in [5, 5.41) is 10.4. The van der Waals surface area contributed by atoms with Crippen molar-refractivity contribution in [2.75, 3.05) is 12.1 Å². The minimum absolute atomic E-state index is 0.0326. The van der Waals surface area contributed by atoms with Gasteiger partial charge in [-0.1, -0.05) is 13.8 Å². The number of aromatic nitrogens is 3. The normalized spacial score (nSPS) is 27.5. The molecule has 0 saturated carbocycles. The van der Waals surface area contributed by atoms with Crippen LogP contribution in [-0.2, 0) is 4.74 Å². The number of rotatable bonds is 2. The van der Waals surface area contributed by atoms with Crippen LogP contribution in [0.4, 0.5) is 5.82 Å². The highest BCUT2D eigenvalue weighted by molar-refractivity contribution is 6.08. The SMILES string of the molecule is CCC1CC(C)C(c2cc3c4c(ncnn24)N(C)N=C3N)O1. The first-order valence-corrected chi connectivity index (χ1v) is 7.70. The third kappa shape index (κ3) is 1.75. The van der Waals surface area contributed by atoms with Crippen LogP contribution in [0.3, 0.4) is 0 Å². The van der Waals surface area contributed by atoms with E-state index in [4.69, 9.17) is 10.5 Å². The molecular formula is C15H20N6O. The smallest absolute Gasteiger partial charge is 0.177 e. The van der Waals surface area contributed by atoms with E-state index in [0.717, 1.165) is 35.4 Å². The lowest BCUT2D eigenvalue weighted by Gasteiger charge is -2.19. The average molecular weight is 300 g/mol. The fraction of sp³-hybridized carbons (Fsp3) is 0.533. The average Bonchev–Trinajstić information content (AvgIpc) is 3.06. The van der Waals surface area contributed by atoms with E-state index in [2.05, 4.69) is 35.1 Å². The highest BCUT2D eigenvalue weighted by Gasteiger charge is 2.36. The molecule has 1 fully saturated rings. The van der Waals surface area contributed by atoms with E-state index in [1.54, 1.807) is 11.3 Å². The van der Waals surface area contributed by atoms with Crippen molar-refractivity contribution in [1.29, 1.82) is 0 Å². The highest BCUT2D eigenvalue weighted by atomic mass is 16.5.